The van der Waals surface area contributed by atoms with Crippen LogP contribution in [0.25, 0.3) is 0 Å². The van der Waals surface area contributed by atoms with E-state index >= 15 is 0 Å². The number of sulfonamides is 1. The summed E-state index contributed by atoms with van der Waals surface area (Å²) in [5.74, 6) is -1.27. The fraction of sp³-hybridized carbons (Fsp3) is 0.500. The number of nitrogens with one attached hydrogen (secondary N) is 1. The summed E-state index contributed by atoms with van der Waals surface area (Å²) in [5, 5.41) is 9.00. The van der Waals surface area contributed by atoms with Crippen LogP contribution in [0.2, 0.25) is 0 Å². The van der Waals surface area contributed by atoms with Gasteiger partial charge in [-0.3, -0.25) is 4.79 Å². The molecule has 0 saturated heterocycles. The lowest BCUT2D eigenvalue weighted by molar-refractivity contribution is -0.140. The van der Waals surface area contributed by atoms with Crippen molar-refractivity contribution >= 4 is 16.0 Å². The Bertz CT molecular complexity index is 626. The molecule has 1 unspecified atom stereocenters. The third-order valence-corrected chi connectivity index (χ3v) is 5.03. The number of hydrogen-bond acceptors (Lipinski definition) is 4. The van der Waals surface area contributed by atoms with Gasteiger partial charge in [0.1, 0.15) is 6.04 Å². The summed E-state index contributed by atoms with van der Waals surface area (Å²) in [4.78, 5) is 11.1. The fourth-order valence-corrected chi connectivity index (χ4v) is 3.68. The minimum absolute atomic E-state index is 0.102. The quantitative estimate of drug-likeness (QED) is 0.815. The lowest BCUT2D eigenvalue weighted by Gasteiger charge is -2.18. The summed E-state index contributed by atoms with van der Waals surface area (Å²) >= 11 is 0. The summed E-state index contributed by atoms with van der Waals surface area (Å²) < 4.78 is 31.4. The van der Waals surface area contributed by atoms with Crippen molar-refractivity contribution in [3.63, 3.8) is 0 Å². The zero-order chi connectivity index (χ0) is 15.5. The van der Waals surface area contributed by atoms with Gasteiger partial charge < -0.3 is 9.84 Å². The van der Waals surface area contributed by atoms with Crippen LogP contribution < -0.4 is 4.72 Å². The monoisotopic (exact) mass is 313 g/mol. The molecule has 2 N–H and O–H groups in total. The van der Waals surface area contributed by atoms with Crippen LogP contribution in [0, 0.1) is 0 Å². The number of carbonyl (C=O) groups is 1. The number of aliphatic carboxylic acids is 1. The average molecular weight is 313 g/mol. The highest BCUT2D eigenvalue weighted by Crippen LogP contribution is 2.24. The lowest BCUT2D eigenvalue weighted by atomic mass is 9.92. The maximum absolute atomic E-state index is 12.3. The molecular formula is C14H19NO5S. The number of benzene rings is 1. The van der Waals surface area contributed by atoms with Gasteiger partial charge in [0.2, 0.25) is 10.0 Å². The SMILES string of the molecule is COCC(NS(=O)(=O)c1ccc2c(c1)CCCC2)C(=O)O. The van der Waals surface area contributed by atoms with E-state index in [1.165, 1.54) is 18.7 Å². The summed E-state index contributed by atoms with van der Waals surface area (Å²) in [5.41, 5.74) is 2.20. The van der Waals surface area contributed by atoms with Crippen molar-refractivity contribution < 1.29 is 23.1 Å². The molecular weight excluding hydrogens is 294 g/mol. The number of carboxylic acids is 1. The van der Waals surface area contributed by atoms with Gasteiger partial charge in [-0.1, -0.05) is 6.07 Å². The van der Waals surface area contributed by atoms with Crippen molar-refractivity contribution in [1.82, 2.24) is 4.72 Å². The number of hydrogen-bond donors (Lipinski definition) is 2. The molecule has 0 radical (unpaired) electrons. The highest BCUT2D eigenvalue weighted by molar-refractivity contribution is 7.89. The largest absolute Gasteiger partial charge is 0.480 e. The third kappa shape index (κ3) is 3.81. The minimum atomic E-state index is -3.87. The number of fused-ring (bicyclic) bond motifs is 1. The maximum atomic E-state index is 12.3. The number of methoxy groups -OCH3 is 1. The van der Waals surface area contributed by atoms with Crippen LogP contribution in [0.15, 0.2) is 23.1 Å². The number of carboxylic acid groups (broad SMARTS) is 1. The van der Waals surface area contributed by atoms with Gasteiger partial charge in [-0.25, -0.2) is 8.42 Å². The molecule has 21 heavy (non-hydrogen) atoms. The van der Waals surface area contributed by atoms with E-state index in [2.05, 4.69) is 4.72 Å². The van der Waals surface area contributed by atoms with Gasteiger partial charge in [-0.2, -0.15) is 4.72 Å². The maximum Gasteiger partial charge on any atom is 0.324 e. The summed E-state index contributed by atoms with van der Waals surface area (Å²) in [6.07, 6.45) is 3.99. The molecule has 1 aromatic rings. The van der Waals surface area contributed by atoms with Gasteiger partial charge in [0.25, 0.3) is 0 Å². The molecule has 1 aliphatic carbocycles. The van der Waals surface area contributed by atoms with Crippen molar-refractivity contribution in [3.05, 3.63) is 29.3 Å². The van der Waals surface area contributed by atoms with Crippen molar-refractivity contribution in [2.45, 2.75) is 36.6 Å². The van der Waals surface area contributed by atoms with Gasteiger partial charge in [0, 0.05) is 7.11 Å². The molecule has 6 nitrogen and oxygen atoms in total. The molecule has 0 heterocycles. The first-order valence-electron chi connectivity index (χ1n) is 6.80. The van der Waals surface area contributed by atoms with E-state index in [-0.39, 0.29) is 11.5 Å². The molecule has 0 amide bonds. The van der Waals surface area contributed by atoms with Gasteiger partial charge in [0.05, 0.1) is 11.5 Å². The second kappa shape index (κ2) is 6.55. The van der Waals surface area contributed by atoms with Crippen LogP contribution in [0.1, 0.15) is 24.0 Å². The van der Waals surface area contributed by atoms with E-state index in [1.54, 1.807) is 6.07 Å². The zero-order valence-electron chi connectivity index (χ0n) is 11.8. The number of aryl methyl sites for hydroxylation is 2. The van der Waals surface area contributed by atoms with Gasteiger partial charge in [-0.05, 0) is 48.9 Å². The van der Waals surface area contributed by atoms with Crippen molar-refractivity contribution in [1.29, 1.82) is 0 Å². The van der Waals surface area contributed by atoms with Crippen LogP contribution in [0.3, 0.4) is 0 Å². The Kier molecular flexibility index (Phi) is 4.97. The van der Waals surface area contributed by atoms with Crippen LogP contribution in [-0.4, -0.2) is 39.3 Å². The van der Waals surface area contributed by atoms with E-state index in [0.29, 0.717) is 0 Å². The van der Waals surface area contributed by atoms with Crippen LogP contribution in [-0.2, 0) is 32.4 Å². The minimum Gasteiger partial charge on any atom is -0.480 e. The van der Waals surface area contributed by atoms with Gasteiger partial charge in [-0.15, -0.1) is 0 Å². The molecule has 7 heteroatoms. The molecule has 0 saturated carbocycles. The van der Waals surface area contributed by atoms with Gasteiger partial charge in [0.15, 0.2) is 0 Å². The smallest absolute Gasteiger partial charge is 0.324 e. The predicted octanol–water partition coefficient (Wildman–Crippen LogP) is 0.943. The Hall–Kier alpha value is -1.44. The number of rotatable bonds is 6. The average Bonchev–Trinajstić information content (AvgIpc) is 2.46. The van der Waals surface area contributed by atoms with Crippen LogP contribution >= 0.6 is 0 Å². The number of ether oxygens (including phenoxy) is 1. The van der Waals surface area contributed by atoms with E-state index < -0.39 is 22.0 Å². The summed E-state index contributed by atoms with van der Waals surface area (Å²) in [7, 11) is -2.55. The van der Waals surface area contributed by atoms with Crippen LogP contribution in [0.4, 0.5) is 0 Å². The molecule has 0 aliphatic heterocycles. The molecule has 0 fully saturated rings. The van der Waals surface area contributed by atoms with Gasteiger partial charge >= 0.3 is 5.97 Å². The first-order valence-corrected chi connectivity index (χ1v) is 8.28. The topological polar surface area (TPSA) is 92.7 Å². The standard InChI is InChI=1S/C14H19NO5S/c1-20-9-13(14(16)17)15-21(18,19)12-7-6-10-4-2-3-5-11(10)8-12/h6-8,13,15H,2-5,9H2,1H3,(H,16,17). The molecule has 0 bridgehead atoms. The normalized spacial score (nSPS) is 16.2. The summed E-state index contributed by atoms with van der Waals surface area (Å²) in [6.45, 7) is -0.223. The first kappa shape index (κ1) is 15.9. The Morgan fingerprint density at radius 2 is 2.00 bits per heavy atom. The zero-order valence-corrected chi connectivity index (χ0v) is 12.6. The van der Waals surface area contributed by atoms with E-state index in [9.17, 15) is 13.2 Å². The molecule has 0 aromatic heterocycles. The second-order valence-electron chi connectivity index (χ2n) is 5.11. The Labute approximate surface area is 124 Å². The van der Waals surface area contributed by atoms with Crippen LogP contribution in [0.5, 0.6) is 0 Å². The van der Waals surface area contributed by atoms with E-state index in [1.807, 2.05) is 6.07 Å². The van der Waals surface area contributed by atoms with Crippen molar-refractivity contribution in [2.75, 3.05) is 13.7 Å². The highest BCUT2D eigenvalue weighted by atomic mass is 32.2. The molecule has 116 valence electrons. The Balaban J connectivity index is 2.24. The first-order chi connectivity index (χ1) is 9.94. The molecule has 0 spiro atoms. The molecule has 1 aromatic carbocycles. The van der Waals surface area contributed by atoms with E-state index in [0.717, 1.165) is 31.2 Å². The fourth-order valence-electron chi connectivity index (χ4n) is 2.45. The van der Waals surface area contributed by atoms with E-state index in [4.69, 9.17) is 9.84 Å². The molecule has 1 atom stereocenters. The molecule has 1 aliphatic rings. The second-order valence-corrected chi connectivity index (χ2v) is 6.82. The third-order valence-electron chi connectivity index (χ3n) is 3.56. The predicted molar refractivity (Wildman–Crippen MR) is 76.7 cm³/mol. The van der Waals surface area contributed by atoms with Crippen molar-refractivity contribution in [2.24, 2.45) is 0 Å². The highest BCUT2D eigenvalue weighted by Gasteiger charge is 2.26. The summed E-state index contributed by atoms with van der Waals surface area (Å²) in [6, 6.07) is 3.69. The lowest BCUT2D eigenvalue weighted by Crippen LogP contribution is -2.43. The Morgan fingerprint density at radius 3 is 2.62 bits per heavy atom. The Morgan fingerprint density at radius 1 is 1.33 bits per heavy atom. The molecule has 2 rings (SSSR count). The van der Waals surface area contributed by atoms with Crippen molar-refractivity contribution in [3.8, 4) is 0 Å².